The third kappa shape index (κ3) is 7.64. The van der Waals surface area contributed by atoms with Crippen LogP contribution in [0.1, 0.15) is 44.0 Å². The van der Waals surface area contributed by atoms with Crippen LogP contribution in [0.25, 0.3) is 0 Å². The maximum Gasteiger partial charge on any atom is 0.309 e. The number of likely N-dealkylation sites (N-methyl/N-ethyl adjacent to an activating group) is 1. The van der Waals surface area contributed by atoms with Gasteiger partial charge in [0.25, 0.3) is 5.91 Å². The molecule has 0 saturated carbocycles. The minimum Gasteiger partial charge on any atom is -0.490 e. The van der Waals surface area contributed by atoms with Crippen molar-refractivity contribution < 1.29 is 33.4 Å². The molecule has 0 bridgehead atoms. The molecule has 1 aliphatic heterocycles. The van der Waals surface area contributed by atoms with Gasteiger partial charge in [-0.1, -0.05) is 0 Å². The Bertz CT molecular complexity index is 866. The Morgan fingerprint density at radius 1 is 1.00 bits per heavy atom. The van der Waals surface area contributed by atoms with Crippen LogP contribution < -0.4 is 14.8 Å². The minimum absolute atomic E-state index is 0.101. The Labute approximate surface area is 200 Å². The number of benzene rings is 1. The predicted octanol–water partition coefficient (Wildman–Crippen LogP) is 1.47. The van der Waals surface area contributed by atoms with E-state index in [2.05, 4.69) is 5.32 Å². The highest BCUT2D eigenvalue weighted by Gasteiger charge is 2.29. The standard InChI is InChI=1S/C24H35N3O7/c1-5-32-19-9-8-18(14-20(19)33-6-2)23(30)25-15-21(28)26(4)16-22(29)27-12-10-17(11-13-27)24(31)34-7-3/h8-9,14,17H,5-7,10-13,15-16H2,1-4H3,(H,25,30). The van der Waals surface area contributed by atoms with E-state index in [1.54, 1.807) is 30.0 Å². The van der Waals surface area contributed by atoms with Crippen molar-refractivity contribution in [2.75, 3.05) is 53.0 Å². The summed E-state index contributed by atoms with van der Waals surface area (Å²) in [7, 11) is 1.52. The van der Waals surface area contributed by atoms with Crippen molar-refractivity contribution in [2.45, 2.75) is 33.6 Å². The molecule has 10 nitrogen and oxygen atoms in total. The van der Waals surface area contributed by atoms with E-state index in [0.29, 0.717) is 62.8 Å². The van der Waals surface area contributed by atoms with E-state index in [0.717, 1.165) is 0 Å². The molecule has 0 atom stereocenters. The van der Waals surface area contributed by atoms with Gasteiger partial charge in [-0.2, -0.15) is 0 Å². The highest BCUT2D eigenvalue weighted by atomic mass is 16.5. The lowest BCUT2D eigenvalue weighted by Crippen LogP contribution is -2.47. The zero-order valence-corrected chi connectivity index (χ0v) is 20.4. The van der Waals surface area contributed by atoms with Gasteiger partial charge in [0.05, 0.1) is 38.8 Å². The molecule has 188 valence electrons. The number of amides is 3. The number of esters is 1. The number of rotatable bonds is 11. The SMILES string of the molecule is CCOC(=O)C1CCN(C(=O)CN(C)C(=O)CNC(=O)c2ccc(OCC)c(OCC)c2)CC1. The maximum absolute atomic E-state index is 12.6. The number of nitrogens with one attached hydrogen (secondary N) is 1. The van der Waals surface area contributed by atoms with Gasteiger partial charge >= 0.3 is 5.97 Å². The summed E-state index contributed by atoms with van der Waals surface area (Å²) >= 11 is 0. The molecule has 1 aliphatic rings. The molecule has 0 aromatic heterocycles. The summed E-state index contributed by atoms with van der Waals surface area (Å²) in [5, 5.41) is 2.58. The first-order valence-electron chi connectivity index (χ1n) is 11.7. The summed E-state index contributed by atoms with van der Waals surface area (Å²) in [6, 6.07) is 4.82. The van der Waals surface area contributed by atoms with Crippen molar-refractivity contribution in [1.29, 1.82) is 0 Å². The van der Waals surface area contributed by atoms with Crippen molar-refractivity contribution in [1.82, 2.24) is 15.1 Å². The normalized spacial score (nSPS) is 13.7. The Morgan fingerprint density at radius 2 is 1.65 bits per heavy atom. The first-order valence-corrected chi connectivity index (χ1v) is 11.7. The average molecular weight is 478 g/mol. The zero-order chi connectivity index (χ0) is 25.1. The van der Waals surface area contributed by atoms with Gasteiger partial charge in [-0.15, -0.1) is 0 Å². The monoisotopic (exact) mass is 477 g/mol. The number of ether oxygens (including phenoxy) is 3. The Hall–Kier alpha value is -3.30. The van der Waals surface area contributed by atoms with Crippen LogP contribution in [0.15, 0.2) is 18.2 Å². The van der Waals surface area contributed by atoms with Crippen molar-refractivity contribution in [3.05, 3.63) is 23.8 Å². The topological polar surface area (TPSA) is 114 Å². The lowest BCUT2D eigenvalue weighted by molar-refractivity contribution is -0.151. The summed E-state index contributed by atoms with van der Waals surface area (Å²) in [6.45, 7) is 7.23. The fraction of sp³-hybridized carbons (Fsp3) is 0.583. The summed E-state index contributed by atoms with van der Waals surface area (Å²) in [6.07, 6.45) is 1.09. The van der Waals surface area contributed by atoms with Crippen molar-refractivity contribution >= 4 is 23.7 Å². The summed E-state index contributed by atoms with van der Waals surface area (Å²) in [5.74, 6) is -0.434. The number of piperidine rings is 1. The van der Waals surface area contributed by atoms with Gasteiger partial charge in [-0.3, -0.25) is 19.2 Å². The molecule has 3 amide bonds. The fourth-order valence-electron chi connectivity index (χ4n) is 3.60. The van der Waals surface area contributed by atoms with Crippen LogP contribution in [0.4, 0.5) is 0 Å². The van der Waals surface area contributed by atoms with Gasteiger partial charge in [0.15, 0.2) is 11.5 Å². The number of nitrogens with zero attached hydrogens (tertiary/aromatic N) is 2. The number of hydrogen-bond donors (Lipinski definition) is 1. The van der Waals surface area contributed by atoms with Crippen LogP contribution in [0.2, 0.25) is 0 Å². The molecular formula is C24H35N3O7. The third-order valence-corrected chi connectivity index (χ3v) is 5.47. The molecule has 1 aromatic rings. The predicted molar refractivity (Wildman–Crippen MR) is 125 cm³/mol. The molecule has 0 aliphatic carbocycles. The van der Waals surface area contributed by atoms with Crippen LogP contribution in [-0.2, 0) is 19.1 Å². The lowest BCUT2D eigenvalue weighted by Gasteiger charge is -2.32. The van der Waals surface area contributed by atoms with Crippen molar-refractivity contribution in [3.63, 3.8) is 0 Å². The van der Waals surface area contributed by atoms with Crippen LogP contribution in [0.3, 0.4) is 0 Å². The fourth-order valence-corrected chi connectivity index (χ4v) is 3.60. The molecule has 0 radical (unpaired) electrons. The summed E-state index contributed by atoms with van der Waals surface area (Å²) in [4.78, 5) is 52.3. The highest BCUT2D eigenvalue weighted by molar-refractivity contribution is 5.97. The van der Waals surface area contributed by atoms with Crippen LogP contribution >= 0.6 is 0 Å². The molecule has 0 unspecified atom stereocenters. The number of carbonyl (C=O) groups excluding carboxylic acids is 4. The van der Waals surface area contributed by atoms with Gasteiger partial charge in [-0.05, 0) is 51.8 Å². The van der Waals surface area contributed by atoms with Crippen molar-refractivity contribution in [3.8, 4) is 11.5 Å². The Kier molecular flexibility index (Phi) is 10.6. The second-order valence-electron chi connectivity index (χ2n) is 7.87. The quantitative estimate of drug-likeness (QED) is 0.480. The molecule has 1 heterocycles. The lowest BCUT2D eigenvalue weighted by atomic mass is 9.97. The summed E-state index contributed by atoms with van der Waals surface area (Å²) < 4.78 is 16.1. The van der Waals surface area contributed by atoms with E-state index in [1.165, 1.54) is 11.9 Å². The first-order chi connectivity index (χ1) is 16.3. The van der Waals surface area contributed by atoms with Crippen LogP contribution in [-0.4, -0.2) is 86.5 Å². The van der Waals surface area contributed by atoms with Crippen LogP contribution in [0, 0.1) is 5.92 Å². The van der Waals surface area contributed by atoms with Gasteiger partial charge in [0, 0.05) is 25.7 Å². The van der Waals surface area contributed by atoms with E-state index in [-0.39, 0.29) is 36.8 Å². The van der Waals surface area contributed by atoms with E-state index in [1.807, 2.05) is 13.8 Å². The third-order valence-electron chi connectivity index (χ3n) is 5.47. The second kappa shape index (κ2) is 13.4. The minimum atomic E-state index is -0.432. The average Bonchev–Trinajstić information content (AvgIpc) is 2.83. The maximum atomic E-state index is 12.6. The molecule has 1 aromatic carbocycles. The second-order valence-corrected chi connectivity index (χ2v) is 7.87. The highest BCUT2D eigenvalue weighted by Crippen LogP contribution is 2.28. The van der Waals surface area contributed by atoms with Gasteiger partial charge in [0.1, 0.15) is 0 Å². The number of hydrogen-bond acceptors (Lipinski definition) is 7. The molecular weight excluding hydrogens is 442 g/mol. The number of likely N-dealkylation sites (tertiary alicyclic amines) is 1. The molecule has 0 spiro atoms. The van der Waals surface area contributed by atoms with Gasteiger partial charge in [0.2, 0.25) is 11.8 Å². The molecule has 1 saturated heterocycles. The first kappa shape index (κ1) is 26.9. The summed E-state index contributed by atoms with van der Waals surface area (Å²) in [5.41, 5.74) is 0.336. The Morgan fingerprint density at radius 3 is 2.26 bits per heavy atom. The smallest absolute Gasteiger partial charge is 0.309 e. The van der Waals surface area contributed by atoms with Gasteiger partial charge in [-0.25, -0.2) is 0 Å². The van der Waals surface area contributed by atoms with E-state index in [4.69, 9.17) is 14.2 Å². The van der Waals surface area contributed by atoms with E-state index >= 15 is 0 Å². The largest absolute Gasteiger partial charge is 0.490 e. The molecule has 34 heavy (non-hydrogen) atoms. The molecule has 1 N–H and O–H groups in total. The Balaban J connectivity index is 1.82. The van der Waals surface area contributed by atoms with E-state index < -0.39 is 5.91 Å². The zero-order valence-electron chi connectivity index (χ0n) is 20.4. The number of carbonyl (C=O) groups is 4. The molecule has 10 heteroatoms. The molecule has 1 fully saturated rings. The van der Waals surface area contributed by atoms with Gasteiger partial charge < -0.3 is 29.3 Å². The van der Waals surface area contributed by atoms with E-state index in [9.17, 15) is 19.2 Å². The van der Waals surface area contributed by atoms with Crippen molar-refractivity contribution in [2.24, 2.45) is 5.92 Å². The molecule has 2 rings (SSSR count). The van der Waals surface area contributed by atoms with Crippen LogP contribution in [0.5, 0.6) is 11.5 Å².